The van der Waals surface area contributed by atoms with Gasteiger partial charge in [-0.3, -0.25) is 9.48 Å². The van der Waals surface area contributed by atoms with Gasteiger partial charge in [0.15, 0.2) is 0 Å². The molecular weight excluding hydrogens is 228 g/mol. The van der Waals surface area contributed by atoms with Crippen LogP contribution in [0.4, 0.5) is 11.4 Å². The summed E-state index contributed by atoms with van der Waals surface area (Å²) in [6.07, 6.45) is 2.46. The van der Waals surface area contributed by atoms with Gasteiger partial charge < -0.3 is 11.1 Å². The summed E-state index contributed by atoms with van der Waals surface area (Å²) in [4.78, 5) is 11.9. The van der Waals surface area contributed by atoms with E-state index in [0.717, 1.165) is 12.0 Å². The number of nitrogens with one attached hydrogen (secondary N) is 1. The fraction of sp³-hybridized carbons (Fsp3) is 0.231. The average molecular weight is 244 g/mol. The SMILES string of the molecule is CCc1ccc(NC(=O)c2ccnn2C)cc1N. The molecule has 5 heteroatoms. The minimum Gasteiger partial charge on any atom is -0.398 e. The molecule has 0 aliphatic rings. The molecule has 0 atom stereocenters. The number of hydrogen-bond acceptors (Lipinski definition) is 3. The molecule has 0 saturated heterocycles. The second kappa shape index (κ2) is 4.91. The van der Waals surface area contributed by atoms with Gasteiger partial charge in [-0.25, -0.2) is 0 Å². The molecule has 1 aromatic heterocycles. The highest BCUT2D eigenvalue weighted by Crippen LogP contribution is 2.19. The van der Waals surface area contributed by atoms with Crippen LogP contribution in [-0.2, 0) is 13.5 Å². The first-order valence-electron chi connectivity index (χ1n) is 5.79. The Morgan fingerprint density at radius 2 is 2.22 bits per heavy atom. The Morgan fingerprint density at radius 1 is 1.44 bits per heavy atom. The van der Waals surface area contributed by atoms with Gasteiger partial charge in [0.1, 0.15) is 5.69 Å². The first kappa shape index (κ1) is 12.2. The maximum absolute atomic E-state index is 11.9. The van der Waals surface area contributed by atoms with Gasteiger partial charge in [0.05, 0.1) is 0 Å². The van der Waals surface area contributed by atoms with Crippen molar-refractivity contribution in [3.63, 3.8) is 0 Å². The molecule has 0 bridgehead atoms. The minimum absolute atomic E-state index is 0.196. The fourth-order valence-electron chi connectivity index (χ4n) is 1.79. The maximum Gasteiger partial charge on any atom is 0.273 e. The van der Waals surface area contributed by atoms with Gasteiger partial charge in [0, 0.05) is 24.6 Å². The van der Waals surface area contributed by atoms with E-state index in [1.807, 2.05) is 19.1 Å². The number of rotatable bonds is 3. The monoisotopic (exact) mass is 244 g/mol. The highest BCUT2D eigenvalue weighted by molar-refractivity contribution is 6.03. The van der Waals surface area contributed by atoms with Crippen molar-refractivity contribution in [2.45, 2.75) is 13.3 Å². The summed E-state index contributed by atoms with van der Waals surface area (Å²) in [6, 6.07) is 7.21. The van der Waals surface area contributed by atoms with Crippen LogP contribution in [0.25, 0.3) is 0 Å². The van der Waals surface area contributed by atoms with E-state index in [1.54, 1.807) is 25.4 Å². The maximum atomic E-state index is 11.9. The number of nitrogens with two attached hydrogens (primary N) is 1. The van der Waals surface area contributed by atoms with Gasteiger partial charge in [-0.2, -0.15) is 5.10 Å². The van der Waals surface area contributed by atoms with Gasteiger partial charge in [-0.05, 0) is 30.2 Å². The number of anilines is 2. The molecule has 1 aromatic carbocycles. The number of nitrogens with zero attached hydrogens (tertiary/aromatic N) is 2. The predicted molar refractivity (Wildman–Crippen MR) is 71.4 cm³/mol. The van der Waals surface area contributed by atoms with Gasteiger partial charge >= 0.3 is 0 Å². The summed E-state index contributed by atoms with van der Waals surface area (Å²) < 4.78 is 1.53. The number of aromatic nitrogens is 2. The van der Waals surface area contributed by atoms with E-state index in [1.165, 1.54) is 4.68 Å². The Bertz CT molecular complexity index is 574. The van der Waals surface area contributed by atoms with Crippen molar-refractivity contribution in [1.82, 2.24) is 9.78 Å². The summed E-state index contributed by atoms with van der Waals surface area (Å²) in [5.74, 6) is -0.196. The van der Waals surface area contributed by atoms with Crippen LogP contribution in [0.1, 0.15) is 23.0 Å². The number of benzene rings is 1. The summed E-state index contributed by atoms with van der Waals surface area (Å²) in [7, 11) is 1.73. The third kappa shape index (κ3) is 2.34. The van der Waals surface area contributed by atoms with Crippen molar-refractivity contribution in [3.05, 3.63) is 41.7 Å². The molecule has 18 heavy (non-hydrogen) atoms. The van der Waals surface area contributed by atoms with Gasteiger partial charge in [-0.15, -0.1) is 0 Å². The molecule has 3 N–H and O–H groups in total. The van der Waals surface area contributed by atoms with Crippen molar-refractivity contribution in [3.8, 4) is 0 Å². The summed E-state index contributed by atoms with van der Waals surface area (Å²) in [6.45, 7) is 2.04. The van der Waals surface area contributed by atoms with E-state index in [-0.39, 0.29) is 5.91 Å². The van der Waals surface area contributed by atoms with E-state index in [4.69, 9.17) is 5.73 Å². The van der Waals surface area contributed by atoms with Crippen LogP contribution < -0.4 is 11.1 Å². The quantitative estimate of drug-likeness (QED) is 0.809. The molecular formula is C13H16N4O. The van der Waals surface area contributed by atoms with E-state index >= 15 is 0 Å². The molecule has 1 amide bonds. The Labute approximate surface area is 106 Å². The van der Waals surface area contributed by atoms with E-state index in [2.05, 4.69) is 10.4 Å². The molecule has 0 unspecified atom stereocenters. The lowest BCUT2D eigenvalue weighted by Gasteiger charge is -2.08. The molecule has 0 saturated carbocycles. The number of aryl methyl sites for hydroxylation is 2. The van der Waals surface area contributed by atoms with Gasteiger partial charge in [0.2, 0.25) is 0 Å². The molecule has 0 aliphatic carbocycles. The predicted octanol–water partition coefficient (Wildman–Crippen LogP) is 1.82. The van der Waals surface area contributed by atoms with E-state index in [9.17, 15) is 4.79 Å². The van der Waals surface area contributed by atoms with Crippen molar-refractivity contribution in [2.24, 2.45) is 7.05 Å². The van der Waals surface area contributed by atoms with Crippen LogP contribution in [0.15, 0.2) is 30.5 Å². The molecule has 5 nitrogen and oxygen atoms in total. The topological polar surface area (TPSA) is 72.9 Å². The van der Waals surface area contributed by atoms with Crippen molar-refractivity contribution < 1.29 is 4.79 Å². The zero-order valence-electron chi connectivity index (χ0n) is 10.5. The standard InChI is InChI=1S/C13H16N4O/c1-3-9-4-5-10(8-11(9)14)16-13(18)12-6-7-15-17(12)2/h4-8H,3,14H2,1-2H3,(H,16,18). The van der Waals surface area contributed by atoms with E-state index < -0.39 is 0 Å². The number of amides is 1. The third-order valence-electron chi connectivity index (χ3n) is 2.84. The number of carbonyl (C=O) groups excluding carboxylic acids is 1. The fourth-order valence-corrected chi connectivity index (χ4v) is 1.79. The number of nitrogen functional groups attached to an aromatic ring is 1. The largest absolute Gasteiger partial charge is 0.398 e. The molecule has 1 heterocycles. The van der Waals surface area contributed by atoms with Crippen molar-refractivity contribution in [2.75, 3.05) is 11.1 Å². The van der Waals surface area contributed by atoms with Crippen molar-refractivity contribution >= 4 is 17.3 Å². The molecule has 2 rings (SSSR count). The Morgan fingerprint density at radius 3 is 2.78 bits per heavy atom. The van der Waals surface area contributed by atoms with E-state index in [0.29, 0.717) is 17.1 Å². The summed E-state index contributed by atoms with van der Waals surface area (Å²) in [5.41, 5.74) is 8.86. The van der Waals surface area contributed by atoms with Crippen LogP contribution in [0.5, 0.6) is 0 Å². The molecule has 0 radical (unpaired) electrons. The van der Waals surface area contributed by atoms with Gasteiger partial charge in [0.25, 0.3) is 5.91 Å². The normalized spacial score (nSPS) is 10.3. The average Bonchev–Trinajstić information content (AvgIpc) is 2.76. The lowest BCUT2D eigenvalue weighted by molar-refractivity contribution is 0.101. The van der Waals surface area contributed by atoms with Crippen LogP contribution in [-0.4, -0.2) is 15.7 Å². The smallest absolute Gasteiger partial charge is 0.273 e. The first-order valence-corrected chi connectivity index (χ1v) is 5.79. The van der Waals surface area contributed by atoms with Crippen LogP contribution in [0.2, 0.25) is 0 Å². The molecule has 94 valence electrons. The Hall–Kier alpha value is -2.30. The molecule has 0 aliphatic heterocycles. The minimum atomic E-state index is -0.196. The number of hydrogen-bond donors (Lipinski definition) is 2. The highest BCUT2D eigenvalue weighted by Gasteiger charge is 2.10. The Balaban J connectivity index is 2.17. The van der Waals surface area contributed by atoms with Crippen LogP contribution in [0.3, 0.4) is 0 Å². The van der Waals surface area contributed by atoms with Gasteiger partial charge in [-0.1, -0.05) is 13.0 Å². The lowest BCUT2D eigenvalue weighted by atomic mass is 10.1. The summed E-state index contributed by atoms with van der Waals surface area (Å²) >= 11 is 0. The van der Waals surface area contributed by atoms with Crippen LogP contribution in [0, 0.1) is 0 Å². The summed E-state index contributed by atoms with van der Waals surface area (Å²) in [5, 5.41) is 6.75. The highest BCUT2D eigenvalue weighted by atomic mass is 16.2. The number of carbonyl (C=O) groups is 1. The van der Waals surface area contributed by atoms with Crippen molar-refractivity contribution in [1.29, 1.82) is 0 Å². The Kier molecular flexibility index (Phi) is 3.32. The second-order valence-corrected chi connectivity index (χ2v) is 4.06. The third-order valence-corrected chi connectivity index (χ3v) is 2.84. The molecule has 2 aromatic rings. The van der Waals surface area contributed by atoms with Crippen LogP contribution >= 0.6 is 0 Å². The zero-order chi connectivity index (χ0) is 13.1. The zero-order valence-corrected chi connectivity index (χ0v) is 10.5. The molecule has 0 spiro atoms. The lowest BCUT2D eigenvalue weighted by Crippen LogP contribution is -2.16. The molecule has 0 fully saturated rings. The first-order chi connectivity index (χ1) is 8.61. The second-order valence-electron chi connectivity index (χ2n) is 4.06.